The standard InChI is InChI=1S/C17H22N4O2.ClH/c1-12-4-5-13(10-15(12)23-3)17(22)21-9-6-18-11-14(21)16-19-7-8-20(16)2;/h4-5,7-8,10,14,18H,6,9,11H2,1-3H3;1H. The Bertz CT molecular complexity index is 716. The predicted molar refractivity (Wildman–Crippen MR) is 94.8 cm³/mol. The van der Waals surface area contributed by atoms with Gasteiger partial charge in [-0.15, -0.1) is 12.4 Å². The van der Waals surface area contributed by atoms with Crippen LogP contribution >= 0.6 is 12.4 Å². The van der Waals surface area contributed by atoms with E-state index in [1.54, 1.807) is 13.3 Å². The maximum absolute atomic E-state index is 13.0. The number of aromatic nitrogens is 2. The predicted octanol–water partition coefficient (Wildman–Crippen LogP) is 1.95. The highest BCUT2D eigenvalue weighted by Crippen LogP contribution is 2.25. The van der Waals surface area contributed by atoms with Crippen LogP contribution in [0.25, 0.3) is 0 Å². The molecular weight excluding hydrogens is 328 g/mol. The highest BCUT2D eigenvalue weighted by Gasteiger charge is 2.31. The first-order chi connectivity index (χ1) is 11.1. The van der Waals surface area contributed by atoms with Gasteiger partial charge in [-0.3, -0.25) is 4.79 Å². The molecule has 1 saturated heterocycles. The molecule has 1 unspecified atom stereocenters. The van der Waals surface area contributed by atoms with Crippen molar-refractivity contribution >= 4 is 18.3 Å². The third-order valence-corrected chi connectivity index (χ3v) is 4.32. The van der Waals surface area contributed by atoms with Gasteiger partial charge < -0.3 is 19.5 Å². The zero-order valence-electron chi connectivity index (χ0n) is 14.2. The average molecular weight is 351 g/mol. The molecule has 7 heteroatoms. The molecule has 1 fully saturated rings. The smallest absolute Gasteiger partial charge is 0.254 e. The Balaban J connectivity index is 0.00000208. The Kier molecular flexibility index (Phi) is 5.85. The van der Waals surface area contributed by atoms with Crippen LogP contribution in [0, 0.1) is 6.92 Å². The number of aryl methyl sites for hydroxylation is 2. The summed E-state index contributed by atoms with van der Waals surface area (Å²) in [6, 6.07) is 5.53. The minimum absolute atomic E-state index is 0. The molecule has 0 spiro atoms. The van der Waals surface area contributed by atoms with Gasteiger partial charge >= 0.3 is 0 Å². The van der Waals surface area contributed by atoms with E-state index in [1.807, 2.05) is 47.8 Å². The number of nitrogens with one attached hydrogen (secondary N) is 1. The first-order valence-corrected chi connectivity index (χ1v) is 7.75. The summed E-state index contributed by atoms with van der Waals surface area (Å²) in [7, 11) is 3.58. The number of benzene rings is 1. The number of nitrogens with zero attached hydrogens (tertiary/aromatic N) is 3. The topological polar surface area (TPSA) is 59.4 Å². The molecule has 1 amide bonds. The Morgan fingerprint density at radius 1 is 1.42 bits per heavy atom. The fourth-order valence-electron chi connectivity index (χ4n) is 3.00. The second-order valence-corrected chi connectivity index (χ2v) is 5.80. The number of hydrogen-bond donors (Lipinski definition) is 1. The van der Waals surface area contributed by atoms with E-state index in [2.05, 4.69) is 10.3 Å². The summed E-state index contributed by atoms with van der Waals surface area (Å²) < 4.78 is 7.31. The normalized spacial score (nSPS) is 17.3. The summed E-state index contributed by atoms with van der Waals surface area (Å²) in [6.07, 6.45) is 3.67. The molecule has 2 aromatic rings. The summed E-state index contributed by atoms with van der Waals surface area (Å²) in [4.78, 5) is 19.3. The van der Waals surface area contributed by atoms with Crippen LogP contribution in [-0.2, 0) is 7.05 Å². The summed E-state index contributed by atoms with van der Waals surface area (Å²) in [5.41, 5.74) is 1.67. The van der Waals surface area contributed by atoms with Gasteiger partial charge in [0.1, 0.15) is 17.6 Å². The lowest BCUT2D eigenvalue weighted by Crippen LogP contribution is -2.49. The van der Waals surface area contributed by atoms with Crippen molar-refractivity contribution < 1.29 is 9.53 Å². The molecule has 6 nitrogen and oxygen atoms in total. The Morgan fingerprint density at radius 2 is 2.21 bits per heavy atom. The Morgan fingerprint density at radius 3 is 2.88 bits per heavy atom. The van der Waals surface area contributed by atoms with Crippen LogP contribution < -0.4 is 10.1 Å². The third-order valence-electron chi connectivity index (χ3n) is 4.32. The van der Waals surface area contributed by atoms with E-state index >= 15 is 0 Å². The molecule has 1 aromatic carbocycles. The zero-order valence-corrected chi connectivity index (χ0v) is 15.0. The van der Waals surface area contributed by atoms with Crippen molar-refractivity contribution in [1.29, 1.82) is 0 Å². The third kappa shape index (κ3) is 3.39. The molecular formula is C17H23ClN4O2. The van der Waals surface area contributed by atoms with Crippen LogP contribution in [0.2, 0.25) is 0 Å². The summed E-state index contributed by atoms with van der Waals surface area (Å²) in [5, 5.41) is 3.35. The van der Waals surface area contributed by atoms with Crippen molar-refractivity contribution in [1.82, 2.24) is 19.8 Å². The lowest BCUT2D eigenvalue weighted by molar-refractivity contribution is 0.0620. The quantitative estimate of drug-likeness (QED) is 0.919. The highest BCUT2D eigenvalue weighted by atomic mass is 35.5. The monoisotopic (exact) mass is 350 g/mol. The SMILES string of the molecule is COc1cc(C(=O)N2CCNCC2c2nccn2C)ccc1C.Cl. The Hall–Kier alpha value is -2.05. The highest BCUT2D eigenvalue weighted by molar-refractivity contribution is 5.95. The van der Waals surface area contributed by atoms with Crippen LogP contribution in [0.15, 0.2) is 30.6 Å². The van der Waals surface area contributed by atoms with Crippen LogP contribution in [0.5, 0.6) is 5.75 Å². The summed E-state index contributed by atoms with van der Waals surface area (Å²) in [6.45, 7) is 4.12. The maximum atomic E-state index is 13.0. The van der Waals surface area contributed by atoms with E-state index < -0.39 is 0 Å². The number of rotatable bonds is 3. The van der Waals surface area contributed by atoms with Gasteiger partial charge in [-0.05, 0) is 24.6 Å². The Labute approximate surface area is 148 Å². The molecule has 2 heterocycles. The number of hydrogen-bond acceptors (Lipinski definition) is 4. The molecule has 1 N–H and O–H groups in total. The molecule has 0 bridgehead atoms. The number of methoxy groups -OCH3 is 1. The summed E-state index contributed by atoms with van der Waals surface area (Å²) in [5.74, 6) is 1.64. The van der Waals surface area contributed by atoms with Crippen molar-refractivity contribution in [2.75, 3.05) is 26.7 Å². The van der Waals surface area contributed by atoms with E-state index in [4.69, 9.17) is 4.74 Å². The number of ether oxygens (including phenoxy) is 1. The number of halogens is 1. The second kappa shape index (κ2) is 7.68. The van der Waals surface area contributed by atoms with Gasteiger partial charge in [0, 0.05) is 44.6 Å². The van der Waals surface area contributed by atoms with Crippen molar-refractivity contribution in [3.05, 3.63) is 47.5 Å². The minimum atomic E-state index is -0.0662. The summed E-state index contributed by atoms with van der Waals surface area (Å²) >= 11 is 0. The largest absolute Gasteiger partial charge is 0.496 e. The first-order valence-electron chi connectivity index (χ1n) is 7.75. The van der Waals surface area contributed by atoms with E-state index in [-0.39, 0.29) is 24.4 Å². The molecule has 1 atom stereocenters. The fraction of sp³-hybridized carbons (Fsp3) is 0.412. The molecule has 1 aromatic heterocycles. The van der Waals surface area contributed by atoms with Gasteiger partial charge in [0.2, 0.25) is 0 Å². The van der Waals surface area contributed by atoms with Gasteiger partial charge in [0.15, 0.2) is 0 Å². The number of carbonyl (C=O) groups is 1. The van der Waals surface area contributed by atoms with Crippen molar-refractivity contribution in [3.63, 3.8) is 0 Å². The molecule has 1 aliphatic heterocycles. The molecule has 3 rings (SSSR count). The number of piperazine rings is 1. The van der Waals surface area contributed by atoms with Crippen LogP contribution in [0.3, 0.4) is 0 Å². The maximum Gasteiger partial charge on any atom is 0.254 e. The molecule has 0 saturated carbocycles. The van der Waals surface area contributed by atoms with Crippen LogP contribution in [-0.4, -0.2) is 47.1 Å². The lowest BCUT2D eigenvalue weighted by Gasteiger charge is -2.35. The second-order valence-electron chi connectivity index (χ2n) is 5.80. The number of imidazole rings is 1. The molecule has 130 valence electrons. The van der Waals surface area contributed by atoms with Gasteiger partial charge in [-0.2, -0.15) is 0 Å². The molecule has 0 aliphatic carbocycles. The van der Waals surface area contributed by atoms with Crippen molar-refractivity contribution in [3.8, 4) is 5.75 Å². The van der Waals surface area contributed by atoms with E-state index in [9.17, 15) is 4.79 Å². The number of carbonyl (C=O) groups excluding carboxylic acids is 1. The lowest BCUT2D eigenvalue weighted by atomic mass is 10.1. The van der Waals surface area contributed by atoms with Gasteiger partial charge in [-0.25, -0.2) is 4.98 Å². The van der Waals surface area contributed by atoms with Gasteiger partial charge in [0.25, 0.3) is 5.91 Å². The molecule has 1 aliphatic rings. The van der Waals surface area contributed by atoms with Crippen molar-refractivity contribution in [2.45, 2.75) is 13.0 Å². The van der Waals surface area contributed by atoms with Crippen molar-refractivity contribution in [2.24, 2.45) is 7.05 Å². The van der Waals surface area contributed by atoms with E-state index in [1.165, 1.54) is 0 Å². The van der Waals surface area contributed by atoms with Crippen LogP contribution in [0.4, 0.5) is 0 Å². The fourth-order valence-corrected chi connectivity index (χ4v) is 3.00. The minimum Gasteiger partial charge on any atom is -0.496 e. The molecule has 24 heavy (non-hydrogen) atoms. The van der Waals surface area contributed by atoms with Crippen LogP contribution in [0.1, 0.15) is 27.8 Å². The van der Waals surface area contributed by atoms with E-state index in [0.717, 1.165) is 23.7 Å². The average Bonchev–Trinajstić information content (AvgIpc) is 3.00. The number of amides is 1. The molecule has 0 radical (unpaired) electrons. The van der Waals surface area contributed by atoms with E-state index in [0.29, 0.717) is 18.7 Å². The van der Waals surface area contributed by atoms with Gasteiger partial charge in [0.05, 0.1) is 7.11 Å². The first kappa shape index (κ1) is 18.3. The zero-order chi connectivity index (χ0) is 16.4. The van der Waals surface area contributed by atoms with Gasteiger partial charge in [-0.1, -0.05) is 6.07 Å².